The maximum absolute atomic E-state index is 13.1. The largest absolute Gasteiger partial charge is 0.342 e. The molecule has 1 atom stereocenters. The van der Waals surface area contributed by atoms with Crippen molar-refractivity contribution in [2.45, 2.75) is 26.8 Å². The van der Waals surface area contributed by atoms with Gasteiger partial charge in [0.05, 0.1) is 22.6 Å². The van der Waals surface area contributed by atoms with Crippen LogP contribution in [0, 0.1) is 13.8 Å². The average Bonchev–Trinajstić information content (AvgIpc) is 3.35. The van der Waals surface area contributed by atoms with E-state index in [4.69, 9.17) is 0 Å². The van der Waals surface area contributed by atoms with Crippen LogP contribution in [0.2, 0.25) is 0 Å². The van der Waals surface area contributed by atoms with Crippen LogP contribution >= 0.6 is 11.3 Å². The highest BCUT2D eigenvalue weighted by Crippen LogP contribution is 2.30. The molecule has 4 rings (SSSR count). The molecule has 8 nitrogen and oxygen atoms in total. The third-order valence-corrected chi connectivity index (χ3v) is 5.90. The van der Waals surface area contributed by atoms with E-state index in [-0.39, 0.29) is 11.9 Å². The molecular formula is C18H19N7OS. The number of tetrazole rings is 1. The Morgan fingerprint density at radius 1 is 1.26 bits per heavy atom. The lowest BCUT2D eigenvalue weighted by Crippen LogP contribution is -2.29. The molecule has 0 aliphatic heterocycles. The minimum atomic E-state index is -0.253. The van der Waals surface area contributed by atoms with Gasteiger partial charge in [-0.25, -0.2) is 4.98 Å². The molecule has 4 aromatic rings. The van der Waals surface area contributed by atoms with Crippen LogP contribution in [0.1, 0.15) is 39.6 Å². The number of nitrogens with zero attached hydrogens (tertiary/aromatic N) is 6. The number of amides is 1. The number of benzene rings is 1. The molecule has 0 radical (unpaired) electrons. The van der Waals surface area contributed by atoms with Gasteiger partial charge in [0, 0.05) is 11.9 Å². The monoisotopic (exact) mass is 381 g/mol. The fraction of sp³-hybridized carbons (Fsp3) is 0.278. The van der Waals surface area contributed by atoms with Crippen molar-refractivity contribution in [2.24, 2.45) is 7.05 Å². The number of hydrogen-bond acceptors (Lipinski definition) is 6. The Balaban J connectivity index is 1.67. The number of para-hydroxylation sites is 2. The van der Waals surface area contributed by atoms with Gasteiger partial charge in [-0.3, -0.25) is 4.79 Å². The minimum Gasteiger partial charge on any atom is -0.342 e. The molecule has 1 N–H and O–H groups in total. The SMILES string of the molecule is Cc1sc(-n2cnnn2)c(C(=O)N[C@H](C)c2nc3ccccc3n2C)c1C. The minimum absolute atomic E-state index is 0.165. The topological polar surface area (TPSA) is 90.5 Å². The molecule has 0 saturated heterocycles. The summed E-state index contributed by atoms with van der Waals surface area (Å²) >= 11 is 1.50. The Kier molecular flexibility index (Phi) is 4.23. The fourth-order valence-corrected chi connectivity index (χ4v) is 4.25. The molecule has 0 spiro atoms. The average molecular weight is 381 g/mol. The Bertz CT molecular complexity index is 1130. The second-order valence-electron chi connectivity index (χ2n) is 6.43. The summed E-state index contributed by atoms with van der Waals surface area (Å²) in [6, 6.07) is 7.67. The Morgan fingerprint density at radius 3 is 2.74 bits per heavy atom. The number of carbonyl (C=O) groups excluding carboxylic acids is 1. The summed E-state index contributed by atoms with van der Waals surface area (Å²) in [7, 11) is 1.96. The Hall–Kier alpha value is -3.07. The van der Waals surface area contributed by atoms with E-state index in [0.29, 0.717) is 10.6 Å². The van der Waals surface area contributed by atoms with Gasteiger partial charge in [-0.1, -0.05) is 12.1 Å². The van der Waals surface area contributed by atoms with Gasteiger partial charge < -0.3 is 9.88 Å². The molecular weight excluding hydrogens is 362 g/mol. The molecule has 3 heterocycles. The van der Waals surface area contributed by atoms with Gasteiger partial charge in [-0.05, 0) is 48.9 Å². The van der Waals surface area contributed by atoms with Crippen LogP contribution in [0.15, 0.2) is 30.6 Å². The summed E-state index contributed by atoms with van der Waals surface area (Å²) in [6.45, 7) is 5.86. The first-order valence-corrected chi connectivity index (χ1v) is 9.34. The number of rotatable bonds is 4. The molecule has 0 unspecified atom stereocenters. The zero-order valence-electron chi connectivity index (χ0n) is 15.5. The first-order valence-electron chi connectivity index (χ1n) is 8.53. The van der Waals surface area contributed by atoms with E-state index in [0.717, 1.165) is 27.3 Å². The molecule has 0 aliphatic carbocycles. The molecule has 0 bridgehead atoms. The second-order valence-corrected chi connectivity index (χ2v) is 7.63. The van der Waals surface area contributed by atoms with Crippen molar-refractivity contribution in [3.8, 4) is 5.00 Å². The molecule has 0 fully saturated rings. The fourth-order valence-electron chi connectivity index (χ4n) is 3.18. The van der Waals surface area contributed by atoms with Crippen LogP contribution in [-0.2, 0) is 7.05 Å². The normalized spacial score (nSPS) is 12.4. The molecule has 3 aromatic heterocycles. The number of aryl methyl sites for hydroxylation is 2. The van der Waals surface area contributed by atoms with Gasteiger partial charge in [0.25, 0.3) is 5.91 Å². The number of hydrogen-bond donors (Lipinski definition) is 1. The summed E-state index contributed by atoms with van der Waals surface area (Å²) in [6.07, 6.45) is 1.50. The summed E-state index contributed by atoms with van der Waals surface area (Å²) in [5, 5.41) is 15.1. The number of nitrogens with one attached hydrogen (secondary N) is 1. The molecule has 0 aliphatic rings. The van der Waals surface area contributed by atoms with E-state index in [9.17, 15) is 4.79 Å². The van der Waals surface area contributed by atoms with Gasteiger partial charge >= 0.3 is 0 Å². The van der Waals surface area contributed by atoms with E-state index in [1.807, 2.05) is 56.7 Å². The van der Waals surface area contributed by atoms with Crippen molar-refractivity contribution in [1.82, 2.24) is 35.1 Å². The molecule has 1 amide bonds. The lowest BCUT2D eigenvalue weighted by molar-refractivity contribution is 0.0937. The summed E-state index contributed by atoms with van der Waals surface area (Å²) in [5.41, 5.74) is 3.47. The van der Waals surface area contributed by atoms with Gasteiger partial charge in [0.15, 0.2) is 0 Å². The lowest BCUT2D eigenvalue weighted by Gasteiger charge is -2.15. The highest BCUT2D eigenvalue weighted by Gasteiger charge is 2.24. The van der Waals surface area contributed by atoms with Crippen molar-refractivity contribution >= 4 is 28.3 Å². The van der Waals surface area contributed by atoms with Gasteiger partial charge in [0.1, 0.15) is 17.2 Å². The van der Waals surface area contributed by atoms with Gasteiger partial charge in [-0.15, -0.1) is 16.4 Å². The Morgan fingerprint density at radius 2 is 2.04 bits per heavy atom. The quantitative estimate of drug-likeness (QED) is 0.587. The number of aromatic nitrogens is 6. The summed E-state index contributed by atoms with van der Waals surface area (Å²) in [5.74, 6) is 0.639. The van der Waals surface area contributed by atoms with E-state index in [1.165, 1.54) is 22.3 Å². The molecule has 9 heteroatoms. The van der Waals surface area contributed by atoms with E-state index >= 15 is 0 Å². The van der Waals surface area contributed by atoms with Crippen molar-refractivity contribution in [3.63, 3.8) is 0 Å². The van der Waals surface area contributed by atoms with Crippen molar-refractivity contribution in [1.29, 1.82) is 0 Å². The maximum Gasteiger partial charge on any atom is 0.255 e. The predicted molar refractivity (Wildman–Crippen MR) is 103 cm³/mol. The zero-order valence-corrected chi connectivity index (χ0v) is 16.3. The van der Waals surface area contributed by atoms with Crippen LogP contribution in [0.4, 0.5) is 0 Å². The highest BCUT2D eigenvalue weighted by atomic mass is 32.1. The lowest BCUT2D eigenvalue weighted by atomic mass is 10.1. The van der Waals surface area contributed by atoms with Crippen LogP contribution in [-0.4, -0.2) is 35.7 Å². The van der Waals surface area contributed by atoms with Crippen LogP contribution in [0.3, 0.4) is 0 Å². The van der Waals surface area contributed by atoms with Crippen molar-refractivity contribution in [3.05, 3.63) is 52.4 Å². The van der Waals surface area contributed by atoms with Gasteiger partial charge in [-0.2, -0.15) is 4.68 Å². The van der Waals surface area contributed by atoms with Gasteiger partial charge in [0.2, 0.25) is 0 Å². The molecule has 138 valence electrons. The van der Waals surface area contributed by atoms with Crippen LogP contribution in [0.25, 0.3) is 16.0 Å². The highest BCUT2D eigenvalue weighted by molar-refractivity contribution is 7.15. The van der Waals surface area contributed by atoms with E-state index in [1.54, 1.807) is 0 Å². The smallest absolute Gasteiger partial charge is 0.255 e. The zero-order chi connectivity index (χ0) is 19.1. The molecule has 27 heavy (non-hydrogen) atoms. The number of thiophene rings is 1. The van der Waals surface area contributed by atoms with E-state index < -0.39 is 0 Å². The van der Waals surface area contributed by atoms with Crippen LogP contribution in [0.5, 0.6) is 0 Å². The third-order valence-electron chi connectivity index (χ3n) is 4.71. The number of carbonyl (C=O) groups is 1. The molecule has 1 aromatic carbocycles. The first kappa shape index (κ1) is 17.3. The number of fused-ring (bicyclic) bond motifs is 1. The summed E-state index contributed by atoms with van der Waals surface area (Å²) in [4.78, 5) is 18.8. The first-order chi connectivity index (χ1) is 13.0. The standard InChI is InChI=1S/C18H19N7OS/c1-10-12(3)27-18(25-9-19-22-23-25)15(10)17(26)20-11(2)16-21-13-7-5-6-8-14(13)24(16)4/h5-9,11H,1-4H3,(H,20,26)/t11-/m1/s1. The Labute approximate surface area is 159 Å². The van der Waals surface area contributed by atoms with E-state index in [2.05, 4.69) is 25.8 Å². The summed E-state index contributed by atoms with van der Waals surface area (Å²) < 4.78 is 3.54. The third kappa shape index (κ3) is 2.89. The second kappa shape index (κ2) is 6.58. The van der Waals surface area contributed by atoms with Crippen molar-refractivity contribution < 1.29 is 4.79 Å². The molecule has 0 saturated carbocycles. The number of imidazole rings is 1. The van der Waals surface area contributed by atoms with Crippen molar-refractivity contribution in [2.75, 3.05) is 0 Å². The maximum atomic E-state index is 13.1. The van der Waals surface area contributed by atoms with Crippen LogP contribution < -0.4 is 5.32 Å². The predicted octanol–water partition coefficient (Wildman–Crippen LogP) is 2.72.